The predicted molar refractivity (Wildman–Crippen MR) is 114 cm³/mol. The van der Waals surface area contributed by atoms with Crippen LogP contribution in [0.3, 0.4) is 0 Å². The Balaban J connectivity index is 1.94. The van der Waals surface area contributed by atoms with Crippen molar-refractivity contribution in [2.75, 3.05) is 6.26 Å². The van der Waals surface area contributed by atoms with Gasteiger partial charge >= 0.3 is 0 Å². The Labute approximate surface area is 175 Å². The number of aryl methyl sites for hydroxylation is 1. The number of rotatable bonds is 5. The number of halogens is 2. The van der Waals surface area contributed by atoms with Crippen molar-refractivity contribution in [2.45, 2.75) is 5.75 Å². The molecule has 152 valence electrons. The third kappa shape index (κ3) is 3.78. The van der Waals surface area contributed by atoms with E-state index < -0.39 is 11.6 Å². The molecule has 0 spiro atoms. The summed E-state index contributed by atoms with van der Waals surface area (Å²) in [5, 5.41) is 1.22. The first kappa shape index (κ1) is 20.0. The Bertz CT molecular complexity index is 1310. The van der Waals surface area contributed by atoms with E-state index in [0.29, 0.717) is 33.6 Å². The number of benzene rings is 2. The van der Waals surface area contributed by atoms with Gasteiger partial charge in [-0.25, -0.2) is 18.7 Å². The lowest BCUT2D eigenvalue weighted by atomic mass is 10.0. The summed E-state index contributed by atoms with van der Waals surface area (Å²) in [6.45, 7) is 0. The molecule has 0 N–H and O–H groups in total. The van der Waals surface area contributed by atoms with E-state index in [1.54, 1.807) is 37.1 Å². The van der Waals surface area contributed by atoms with Gasteiger partial charge in [-0.05, 0) is 29.8 Å². The molecule has 2 heterocycles. The summed E-state index contributed by atoms with van der Waals surface area (Å²) >= 11 is 1.56. The number of hydrogen-bond acceptors (Lipinski definition) is 5. The zero-order valence-corrected chi connectivity index (χ0v) is 17.0. The molecule has 0 saturated carbocycles. The number of ether oxygens (including phenoxy) is 1. The lowest BCUT2D eigenvalue weighted by Crippen LogP contribution is -2.16. The largest absolute Gasteiger partial charge is 0.450 e. The normalized spacial score (nSPS) is 11.1. The molecule has 0 aliphatic carbocycles. The Morgan fingerprint density at radius 1 is 1.10 bits per heavy atom. The van der Waals surface area contributed by atoms with Crippen molar-refractivity contribution < 1.29 is 13.5 Å². The molecule has 0 unspecified atom stereocenters. The van der Waals surface area contributed by atoms with Crippen molar-refractivity contribution in [3.63, 3.8) is 0 Å². The third-order valence-electron chi connectivity index (χ3n) is 4.54. The van der Waals surface area contributed by atoms with Crippen molar-refractivity contribution in [3.05, 3.63) is 82.7 Å². The highest BCUT2D eigenvalue weighted by Crippen LogP contribution is 2.35. The minimum absolute atomic E-state index is 0.139. The second-order valence-electron chi connectivity index (χ2n) is 6.61. The van der Waals surface area contributed by atoms with Crippen LogP contribution in [0, 0.1) is 11.6 Å². The Morgan fingerprint density at radius 2 is 1.87 bits per heavy atom. The molecule has 4 rings (SSSR count). The van der Waals surface area contributed by atoms with Gasteiger partial charge in [-0.3, -0.25) is 4.79 Å². The van der Waals surface area contributed by atoms with E-state index in [2.05, 4.69) is 9.97 Å². The van der Waals surface area contributed by atoms with Gasteiger partial charge in [0.25, 0.3) is 5.56 Å². The van der Waals surface area contributed by atoms with Crippen LogP contribution < -0.4 is 10.3 Å². The predicted octanol–water partition coefficient (Wildman–Crippen LogP) is 4.93. The van der Waals surface area contributed by atoms with Gasteiger partial charge in [0.05, 0.1) is 11.9 Å². The highest BCUT2D eigenvalue weighted by atomic mass is 32.2. The maximum Gasteiger partial charge on any atom is 0.258 e. The van der Waals surface area contributed by atoms with E-state index in [4.69, 9.17) is 4.74 Å². The van der Waals surface area contributed by atoms with E-state index in [1.807, 2.05) is 18.4 Å². The third-order valence-corrected chi connectivity index (χ3v) is 5.09. The van der Waals surface area contributed by atoms with Gasteiger partial charge in [-0.2, -0.15) is 11.8 Å². The van der Waals surface area contributed by atoms with Gasteiger partial charge in [0.1, 0.15) is 17.3 Å². The summed E-state index contributed by atoms with van der Waals surface area (Å²) in [6.07, 6.45) is 5.07. The van der Waals surface area contributed by atoms with Crippen LogP contribution in [0.5, 0.6) is 11.5 Å². The molecule has 4 aromatic rings. The summed E-state index contributed by atoms with van der Waals surface area (Å²) < 4.78 is 34.7. The molecule has 2 aromatic carbocycles. The quantitative estimate of drug-likeness (QED) is 0.454. The highest BCUT2D eigenvalue weighted by molar-refractivity contribution is 7.97. The zero-order chi connectivity index (χ0) is 21.3. The van der Waals surface area contributed by atoms with Crippen molar-refractivity contribution in [1.29, 1.82) is 0 Å². The fourth-order valence-electron chi connectivity index (χ4n) is 3.16. The first-order chi connectivity index (χ1) is 14.5. The second-order valence-corrected chi connectivity index (χ2v) is 7.48. The molecule has 0 atom stereocenters. The van der Waals surface area contributed by atoms with Gasteiger partial charge < -0.3 is 9.30 Å². The lowest BCUT2D eigenvalue weighted by molar-refractivity contribution is 0.435. The molecule has 0 radical (unpaired) electrons. The van der Waals surface area contributed by atoms with E-state index >= 15 is 0 Å². The first-order valence-corrected chi connectivity index (χ1v) is 10.4. The highest BCUT2D eigenvalue weighted by Gasteiger charge is 2.18. The Kier molecular flexibility index (Phi) is 5.50. The molecule has 0 saturated heterocycles. The van der Waals surface area contributed by atoms with Crippen LogP contribution in [0.1, 0.15) is 5.82 Å². The van der Waals surface area contributed by atoms with Crippen LogP contribution in [-0.4, -0.2) is 20.8 Å². The fraction of sp³-hybridized carbons (Fsp3) is 0.136. The van der Waals surface area contributed by atoms with Crippen LogP contribution in [0.25, 0.3) is 22.0 Å². The summed E-state index contributed by atoms with van der Waals surface area (Å²) in [7, 11) is 1.66. The molecule has 0 aliphatic heterocycles. The Hall–Kier alpha value is -3.26. The Morgan fingerprint density at radius 3 is 2.60 bits per heavy atom. The SMILES string of the molecule is CSCc1ncc(Oc2ccc(F)cc2F)c(-c2cn(C)c(=O)c3ccccc23)n1. The average molecular weight is 425 g/mol. The molecule has 8 heteroatoms. The summed E-state index contributed by atoms with van der Waals surface area (Å²) in [4.78, 5) is 21.5. The van der Waals surface area contributed by atoms with Crippen LogP contribution >= 0.6 is 11.8 Å². The van der Waals surface area contributed by atoms with Crippen molar-refractivity contribution >= 4 is 22.5 Å². The van der Waals surface area contributed by atoms with Crippen LogP contribution in [0.4, 0.5) is 8.78 Å². The number of hydrogen-bond donors (Lipinski definition) is 0. The minimum Gasteiger partial charge on any atom is -0.450 e. The van der Waals surface area contributed by atoms with Gasteiger partial charge in [-0.15, -0.1) is 0 Å². The maximum absolute atomic E-state index is 14.2. The molecule has 0 bridgehead atoms. The summed E-state index contributed by atoms with van der Waals surface area (Å²) in [5.74, 6) is -0.332. The topological polar surface area (TPSA) is 57.0 Å². The van der Waals surface area contributed by atoms with E-state index in [0.717, 1.165) is 12.1 Å². The monoisotopic (exact) mass is 425 g/mol. The van der Waals surface area contributed by atoms with E-state index in [9.17, 15) is 13.6 Å². The standard InChI is InChI=1S/C22H17F2N3O2S/c1-27-11-16(14-5-3-4-6-15(14)22(27)28)21-19(10-25-20(26-21)12-30-2)29-18-8-7-13(23)9-17(18)24/h3-11H,12H2,1-2H3. The van der Waals surface area contributed by atoms with Crippen molar-refractivity contribution in [1.82, 2.24) is 14.5 Å². The van der Waals surface area contributed by atoms with Crippen LogP contribution in [0.15, 0.2) is 59.7 Å². The number of pyridine rings is 1. The molecule has 0 aliphatic rings. The summed E-state index contributed by atoms with van der Waals surface area (Å²) in [6, 6.07) is 10.3. The smallest absolute Gasteiger partial charge is 0.258 e. The van der Waals surface area contributed by atoms with E-state index in [1.165, 1.54) is 16.8 Å². The van der Waals surface area contributed by atoms with Gasteiger partial charge in [0.15, 0.2) is 17.3 Å². The second kappa shape index (κ2) is 8.23. The van der Waals surface area contributed by atoms with Gasteiger partial charge in [0, 0.05) is 30.3 Å². The molecule has 30 heavy (non-hydrogen) atoms. The van der Waals surface area contributed by atoms with Crippen LogP contribution in [0.2, 0.25) is 0 Å². The lowest BCUT2D eigenvalue weighted by Gasteiger charge is -2.14. The van der Waals surface area contributed by atoms with Gasteiger partial charge in [-0.1, -0.05) is 18.2 Å². The van der Waals surface area contributed by atoms with Crippen LogP contribution in [-0.2, 0) is 12.8 Å². The number of fused-ring (bicyclic) bond motifs is 1. The minimum atomic E-state index is -0.834. The number of nitrogens with zero attached hydrogens (tertiary/aromatic N) is 3. The van der Waals surface area contributed by atoms with Gasteiger partial charge in [0.2, 0.25) is 0 Å². The maximum atomic E-state index is 14.2. The fourth-order valence-corrected chi connectivity index (χ4v) is 3.55. The number of thioether (sulfide) groups is 1. The average Bonchev–Trinajstić information content (AvgIpc) is 2.74. The molecule has 2 aromatic heterocycles. The van der Waals surface area contributed by atoms with E-state index in [-0.39, 0.29) is 17.1 Å². The van der Waals surface area contributed by atoms with Crippen molar-refractivity contribution in [2.24, 2.45) is 7.05 Å². The number of aromatic nitrogens is 3. The first-order valence-electron chi connectivity index (χ1n) is 9.04. The molecule has 0 fully saturated rings. The molecule has 0 amide bonds. The molecule has 5 nitrogen and oxygen atoms in total. The zero-order valence-electron chi connectivity index (χ0n) is 16.2. The summed E-state index contributed by atoms with van der Waals surface area (Å²) in [5.41, 5.74) is 0.930. The molecular weight excluding hydrogens is 408 g/mol. The van der Waals surface area contributed by atoms with Crippen molar-refractivity contribution in [3.8, 4) is 22.8 Å². The molecular formula is C22H17F2N3O2S.